The van der Waals surface area contributed by atoms with Crippen molar-refractivity contribution in [2.24, 2.45) is 0 Å². The number of ether oxygens (including phenoxy) is 2. The molecule has 11 heteroatoms. The summed E-state index contributed by atoms with van der Waals surface area (Å²) in [6.45, 7) is 4.52. The lowest BCUT2D eigenvalue weighted by Gasteiger charge is -2.39. The highest BCUT2D eigenvalue weighted by atomic mass is 19.1. The largest absolute Gasteiger partial charge is 0.374 e. The summed E-state index contributed by atoms with van der Waals surface area (Å²) in [6, 6.07) is 7.07. The zero-order valence-electron chi connectivity index (χ0n) is 20.0. The van der Waals surface area contributed by atoms with Gasteiger partial charge in [0.25, 0.3) is 5.56 Å². The number of hydrogen-bond donors (Lipinski definition) is 2. The number of benzene rings is 1. The molecule has 1 fully saturated rings. The molecule has 0 amide bonds. The highest BCUT2D eigenvalue weighted by molar-refractivity contribution is 5.77. The summed E-state index contributed by atoms with van der Waals surface area (Å²) in [5.74, 6) is 0.0191. The third-order valence-corrected chi connectivity index (χ3v) is 6.90. The first-order chi connectivity index (χ1) is 17.5. The number of nitrogens with one attached hydrogen (secondary N) is 2. The smallest absolute Gasteiger partial charge is 0.278 e. The molecular weight excluding hydrogens is 465 g/mol. The van der Waals surface area contributed by atoms with Crippen LogP contribution in [0.15, 0.2) is 41.5 Å². The van der Waals surface area contributed by atoms with E-state index in [1.165, 1.54) is 12.3 Å². The molecule has 0 saturated carbocycles. The van der Waals surface area contributed by atoms with Crippen molar-refractivity contribution in [3.63, 3.8) is 0 Å². The summed E-state index contributed by atoms with van der Waals surface area (Å²) in [4.78, 5) is 26.7. The van der Waals surface area contributed by atoms with Crippen LogP contribution in [0.5, 0.6) is 0 Å². The van der Waals surface area contributed by atoms with Gasteiger partial charge in [0.15, 0.2) is 11.2 Å². The fourth-order valence-electron chi connectivity index (χ4n) is 4.86. The van der Waals surface area contributed by atoms with E-state index in [1.807, 2.05) is 25.1 Å². The van der Waals surface area contributed by atoms with Gasteiger partial charge in [0, 0.05) is 38.3 Å². The van der Waals surface area contributed by atoms with E-state index in [0.29, 0.717) is 55.1 Å². The number of nitrogens with zero attached hydrogens (tertiary/aromatic N) is 5. The van der Waals surface area contributed by atoms with Gasteiger partial charge in [0.1, 0.15) is 11.2 Å². The van der Waals surface area contributed by atoms with Crippen LogP contribution in [0.1, 0.15) is 23.7 Å². The molecule has 2 N–H and O–H groups in total. The number of rotatable bonds is 6. The SMILES string of the molecule is CCn1c(=O)c2cnc(Nc3cc(F)c4c(c3)CNCC4)nc2n1-c1ccnc(C2(OC)COC2)c1. The summed E-state index contributed by atoms with van der Waals surface area (Å²) < 4.78 is 29.1. The number of pyridine rings is 1. The maximum atomic E-state index is 14.7. The predicted molar refractivity (Wildman–Crippen MR) is 131 cm³/mol. The molecule has 10 nitrogen and oxygen atoms in total. The van der Waals surface area contributed by atoms with Crippen LogP contribution >= 0.6 is 0 Å². The Morgan fingerprint density at radius 2 is 2.14 bits per heavy atom. The van der Waals surface area contributed by atoms with E-state index in [2.05, 4.69) is 25.6 Å². The predicted octanol–water partition coefficient (Wildman–Crippen LogP) is 2.40. The summed E-state index contributed by atoms with van der Waals surface area (Å²) >= 11 is 0. The molecule has 0 aliphatic carbocycles. The number of hydrogen-bond acceptors (Lipinski definition) is 8. The lowest BCUT2D eigenvalue weighted by atomic mass is 9.96. The van der Waals surface area contributed by atoms with E-state index in [9.17, 15) is 9.18 Å². The fraction of sp³-hybridized carbons (Fsp3) is 0.360. The molecule has 0 spiro atoms. The molecule has 0 radical (unpaired) electrons. The van der Waals surface area contributed by atoms with Gasteiger partial charge >= 0.3 is 0 Å². The van der Waals surface area contributed by atoms with Crippen molar-refractivity contribution in [1.82, 2.24) is 29.6 Å². The van der Waals surface area contributed by atoms with E-state index in [-0.39, 0.29) is 17.3 Å². The molecule has 5 heterocycles. The summed E-state index contributed by atoms with van der Waals surface area (Å²) in [5, 5.41) is 6.76. The topological polar surface area (TPSA) is 108 Å². The van der Waals surface area contributed by atoms with Crippen molar-refractivity contribution in [2.75, 3.05) is 32.2 Å². The highest BCUT2D eigenvalue weighted by Gasteiger charge is 2.42. The molecule has 3 aromatic heterocycles. The normalized spacial score (nSPS) is 16.5. The second kappa shape index (κ2) is 8.77. The van der Waals surface area contributed by atoms with E-state index >= 15 is 0 Å². The molecule has 36 heavy (non-hydrogen) atoms. The first kappa shape index (κ1) is 22.8. The molecule has 186 valence electrons. The van der Waals surface area contributed by atoms with Crippen LogP contribution in [0.3, 0.4) is 0 Å². The summed E-state index contributed by atoms with van der Waals surface area (Å²) in [6.07, 6.45) is 3.85. The molecule has 1 aromatic carbocycles. The van der Waals surface area contributed by atoms with Crippen LogP contribution < -0.4 is 16.2 Å². The van der Waals surface area contributed by atoms with E-state index < -0.39 is 5.60 Å². The highest BCUT2D eigenvalue weighted by Crippen LogP contribution is 2.33. The van der Waals surface area contributed by atoms with Gasteiger partial charge in [-0.15, -0.1) is 0 Å². The Morgan fingerprint density at radius 1 is 1.28 bits per heavy atom. The molecule has 0 unspecified atom stereocenters. The minimum atomic E-state index is -0.608. The fourth-order valence-corrected chi connectivity index (χ4v) is 4.86. The quantitative estimate of drug-likeness (QED) is 0.423. The van der Waals surface area contributed by atoms with Crippen LogP contribution in [0, 0.1) is 5.82 Å². The first-order valence-electron chi connectivity index (χ1n) is 11.9. The van der Waals surface area contributed by atoms with Gasteiger partial charge in [0.05, 0.1) is 24.6 Å². The Bertz CT molecular complexity index is 1520. The molecule has 0 atom stereocenters. The molecule has 6 rings (SSSR count). The van der Waals surface area contributed by atoms with Gasteiger partial charge < -0.3 is 20.1 Å². The lowest BCUT2D eigenvalue weighted by Crippen LogP contribution is -2.48. The second-order valence-electron chi connectivity index (χ2n) is 9.00. The number of aromatic nitrogens is 5. The number of fused-ring (bicyclic) bond motifs is 2. The average molecular weight is 492 g/mol. The number of halogens is 1. The summed E-state index contributed by atoms with van der Waals surface area (Å²) in [5.41, 5.74) is 3.27. The Morgan fingerprint density at radius 3 is 2.89 bits per heavy atom. The van der Waals surface area contributed by atoms with Crippen molar-refractivity contribution in [3.05, 3.63) is 69.7 Å². The van der Waals surface area contributed by atoms with Crippen LogP contribution in [0.2, 0.25) is 0 Å². The Balaban J connectivity index is 1.44. The monoisotopic (exact) mass is 491 g/mol. The zero-order valence-corrected chi connectivity index (χ0v) is 20.0. The Labute approximate surface area is 206 Å². The maximum Gasteiger partial charge on any atom is 0.278 e. The standard InChI is InChI=1S/C25H26FN7O3/c1-3-32-23(34)19-12-29-24(30-16-8-15-11-27-6-5-18(15)20(26)9-16)31-22(19)33(32)17-4-7-28-21(10-17)25(35-2)13-36-14-25/h4,7-10,12,27H,3,5-6,11,13-14H2,1-2H3,(H,29,30,31). The average Bonchev–Trinajstić information content (AvgIpc) is 3.15. The summed E-state index contributed by atoms with van der Waals surface area (Å²) in [7, 11) is 1.63. The minimum Gasteiger partial charge on any atom is -0.374 e. The van der Waals surface area contributed by atoms with Crippen LogP contribution in [0.25, 0.3) is 16.7 Å². The molecule has 0 bridgehead atoms. The molecule has 2 aliphatic rings. The van der Waals surface area contributed by atoms with Crippen LogP contribution in [0.4, 0.5) is 16.0 Å². The third kappa shape index (κ3) is 3.58. The van der Waals surface area contributed by atoms with Crippen LogP contribution in [-0.4, -0.2) is 51.2 Å². The molecule has 4 aromatic rings. The third-order valence-electron chi connectivity index (χ3n) is 6.90. The maximum absolute atomic E-state index is 14.7. The number of methoxy groups -OCH3 is 1. The zero-order chi connectivity index (χ0) is 24.9. The van der Waals surface area contributed by atoms with Gasteiger partial charge in [-0.25, -0.2) is 18.7 Å². The first-order valence-corrected chi connectivity index (χ1v) is 11.9. The minimum absolute atomic E-state index is 0.197. The second-order valence-corrected chi connectivity index (χ2v) is 9.00. The van der Waals surface area contributed by atoms with Gasteiger partial charge in [0.2, 0.25) is 5.95 Å². The van der Waals surface area contributed by atoms with Gasteiger partial charge in [-0.3, -0.25) is 9.78 Å². The van der Waals surface area contributed by atoms with Gasteiger partial charge in [-0.2, -0.15) is 4.98 Å². The molecular formula is C25H26FN7O3. The molecule has 2 aliphatic heterocycles. The molecule has 1 saturated heterocycles. The van der Waals surface area contributed by atoms with Crippen molar-refractivity contribution in [2.45, 2.75) is 32.0 Å². The lowest BCUT2D eigenvalue weighted by molar-refractivity contribution is -0.204. The Kier molecular flexibility index (Phi) is 5.55. The van der Waals surface area contributed by atoms with Crippen molar-refractivity contribution >= 4 is 22.7 Å². The van der Waals surface area contributed by atoms with Gasteiger partial charge in [-0.1, -0.05) is 0 Å². The van der Waals surface area contributed by atoms with Gasteiger partial charge in [-0.05, 0) is 55.3 Å². The van der Waals surface area contributed by atoms with Crippen LogP contribution in [-0.2, 0) is 34.6 Å². The number of anilines is 2. The van der Waals surface area contributed by atoms with Crippen molar-refractivity contribution in [3.8, 4) is 5.69 Å². The van der Waals surface area contributed by atoms with E-state index in [4.69, 9.17) is 9.47 Å². The van der Waals surface area contributed by atoms with E-state index in [0.717, 1.165) is 23.4 Å². The van der Waals surface area contributed by atoms with E-state index in [1.54, 1.807) is 22.7 Å². The van der Waals surface area contributed by atoms with Crippen molar-refractivity contribution < 1.29 is 13.9 Å². The Hall–Kier alpha value is -3.67. The van der Waals surface area contributed by atoms with Crippen molar-refractivity contribution in [1.29, 1.82) is 0 Å².